The molecule has 1 heterocycles. The second-order valence-electron chi connectivity index (χ2n) is 8.14. The highest BCUT2D eigenvalue weighted by molar-refractivity contribution is 5.84. The fourth-order valence-electron chi connectivity index (χ4n) is 3.49. The number of allylic oxidation sites excluding steroid dienone is 9. The van der Waals surface area contributed by atoms with Gasteiger partial charge in [-0.3, -0.25) is 4.98 Å². The van der Waals surface area contributed by atoms with Crippen LogP contribution in [0.2, 0.25) is 0 Å². The van der Waals surface area contributed by atoms with E-state index in [1.807, 2.05) is 38.3 Å². The van der Waals surface area contributed by atoms with Gasteiger partial charge < -0.3 is 4.90 Å². The number of rotatable bonds is 14. The van der Waals surface area contributed by atoms with Gasteiger partial charge in [0.1, 0.15) is 5.82 Å². The van der Waals surface area contributed by atoms with Crippen LogP contribution in [0.5, 0.6) is 0 Å². The van der Waals surface area contributed by atoms with Crippen LogP contribution in [-0.4, -0.2) is 22.6 Å². The Morgan fingerprint density at radius 2 is 1.77 bits per heavy atom. The van der Waals surface area contributed by atoms with Crippen molar-refractivity contribution >= 4 is 17.0 Å². The zero-order chi connectivity index (χ0) is 23.2. The SMILES string of the molecule is C=C/C=C(\C=C)c1ncc(N(CCCCCCC(=C)C)C(C)C)nc1C(/C=C\C)=C/C. The van der Waals surface area contributed by atoms with Gasteiger partial charge in [0.25, 0.3) is 0 Å². The lowest BCUT2D eigenvalue weighted by Gasteiger charge is -2.28. The van der Waals surface area contributed by atoms with Crippen molar-refractivity contribution < 1.29 is 0 Å². The van der Waals surface area contributed by atoms with Crippen LogP contribution in [0.15, 0.2) is 68.0 Å². The van der Waals surface area contributed by atoms with Crippen LogP contribution >= 0.6 is 0 Å². The molecule has 0 amide bonds. The molecule has 1 rings (SSSR count). The average molecular weight is 420 g/mol. The molecule has 0 aromatic carbocycles. The number of anilines is 1. The van der Waals surface area contributed by atoms with Crippen molar-refractivity contribution in [1.29, 1.82) is 0 Å². The second-order valence-corrected chi connectivity index (χ2v) is 8.14. The van der Waals surface area contributed by atoms with Gasteiger partial charge in [0.15, 0.2) is 0 Å². The van der Waals surface area contributed by atoms with E-state index in [2.05, 4.69) is 57.6 Å². The van der Waals surface area contributed by atoms with E-state index in [9.17, 15) is 0 Å². The molecule has 0 saturated carbocycles. The quantitative estimate of drug-likeness (QED) is 0.174. The molecule has 0 bridgehead atoms. The third-order valence-corrected chi connectivity index (χ3v) is 5.15. The summed E-state index contributed by atoms with van der Waals surface area (Å²) in [4.78, 5) is 12.3. The predicted octanol–water partition coefficient (Wildman–Crippen LogP) is 7.95. The van der Waals surface area contributed by atoms with Crippen LogP contribution in [-0.2, 0) is 0 Å². The minimum atomic E-state index is 0.349. The Hall–Kier alpha value is -2.68. The van der Waals surface area contributed by atoms with Gasteiger partial charge >= 0.3 is 0 Å². The number of hydrogen-bond donors (Lipinski definition) is 0. The maximum absolute atomic E-state index is 5.08. The third kappa shape index (κ3) is 8.53. The number of unbranched alkanes of at least 4 members (excludes halogenated alkanes) is 3. The van der Waals surface area contributed by atoms with Gasteiger partial charge in [-0.15, -0.1) is 6.58 Å². The van der Waals surface area contributed by atoms with Crippen molar-refractivity contribution in [3.8, 4) is 0 Å². The molecule has 0 fully saturated rings. The molecule has 0 atom stereocenters. The first kappa shape index (κ1) is 26.4. The van der Waals surface area contributed by atoms with Crippen molar-refractivity contribution in [2.24, 2.45) is 0 Å². The molecule has 168 valence electrons. The second kappa shape index (κ2) is 14.3. The van der Waals surface area contributed by atoms with E-state index in [4.69, 9.17) is 9.97 Å². The lowest BCUT2D eigenvalue weighted by Crippen LogP contribution is -2.33. The molecule has 1 aromatic heterocycles. The standard InChI is InChI=1S/C28H41N3/c1-9-17-24(11-3)27-28(25(12-4)18-10-2)30-26(21-29-27)31(23(7)8)20-16-14-13-15-19-22(5)6/h9-12,17-18,21,23H,1,3,5,13-16,19-20H2,2,4,6-8H3/b18-10-,24-17+,25-12+. The number of nitrogens with zero attached hydrogens (tertiary/aromatic N) is 3. The highest BCUT2D eigenvalue weighted by Gasteiger charge is 2.17. The molecular formula is C28H41N3. The fraction of sp³-hybridized carbons (Fsp3) is 0.429. The van der Waals surface area contributed by atoms with Crippen molar-refractivity contribution in [3.63, 3.8) is 0 Å². The topological polar surface area (TPSA) is 29.0 Å². The summed E-state index contributed by atoms with van der Waals surface area (Å²) in [7, 11) is 0. The van der Waals surface area contributed by atoms with Gasteiger partial charge in [-0.1, -0.05) is 68.0 Å². The monoisotopic (exact) mass is 419 g/mol. The van der Waals surface area contributed by atoms with Crippen LogP contribution in [0.1, 0.15) is 78.1 Å². The van der Waals surface area contributed by atoms with Crippen LogP contribution in [0.25, 0.3) is 11.1 Å². The van der Waals surface area contributed by atoms with Crippen LogP contribution in [0.4, 0.5) is 5.82 Å². The lowest BCUT2D eigenvalue weighted by molar-refractivity contribution is 0.592. The molecular weight excluding hydrogens is 378 g/mol. The molecule has 0 spiro atoms. The van der Waals surface area contributed by atoms with Gasteiger partial charge in [-0.25, -0.2) is 4.98 Å². The Balaban J connectivity index is 3.21. The van der Waals surface area contributed by atoms with E-state index in [1.54, 1.807) is 6.08 Å². The number of hydrogen-bond acceptors (Lipinski definition) is 3. The summed E-state index contributed by atoms with van der Waals surface area (Å²) in [6.45, 7) is 23.3. The molecule has 0 radical (unpaired) electrons. The fourth-order valence-corrected chi connectivity index (χ4v) is 3.49. The molecule has 3 heteroatoms. The Kier molecular flexibility index (Phi) is 12.2. The van der Waals surface area contributed by atoms with E-state index in [0.717, 1.165) is 47.7 Å². The smallest absolute Gasteiger partial charge is 0.148 e. The molecule has 0 unspecified atom stereocenters. The van der Waals surface area contributed by atoms with Crippen molar-refractivity contribution in [2.75, 3.05) is 11.4 Å². The first-order chi connectivity index (χ1) is 14.9. The molecule has 0 aliphatic rings. The minimum Gasteiger partial charge on any atom is -0.353 e. The summed E-state index contributed by atoms with van der Waals surface area (Å²) in [5, 5.41) is 0. The normalized spacial score (nSPS) is 12.5. The minimum absolute atomic E-state index is 0.349. The summed E-state index contributed by atoms with van der Waals surface area (Å²) in [6.07, 6.45) is 19.5. The van der Waals surface area contributed by atoms with Gasteiger partial charge in [0.05, 0.1) is 17.6 Å². The molecule has 0 aliphatic heterocycles. The highest BCUT2D eigenvalue weighted by Crippen LogP contribution is 2.27. The Labute approximate surface area is 190 Å². The zero-order valence-corrected chi connectivity index (χ0v) is 20.3. The summed E-state index contributed by atoms with van der Waals surface area (Å²) in [5.74, 6) is 0.918. The maximum Gasteiger partial charge on any atom is 0.148 e. The van der Waals surface area contributed by atoms with Gasteiger partial charge in [0, 0.05) is 18.2 Å². The van der Waals surface area contributed by atoms with Gasteiger partial charge in [0.2, 0.25) is 0 Å². The Bertz CT molecular complexity index is 825. The van der Waals surface area contributed by atoms with Crippen molar-refractivity contribution in [1.82, 2.24) is 9.97 Å². The van der Waals surface area contributed by atoms with Gasteiger partial charge in [-0.05, 0) is 59.5 Å². The van der Waals surface area contributed by atoms with Crippen LogP contribution in [0, 0.1) is 0 Å². The zero-order valence-electron chi connectivity index (χ0n) is 20.3. The maximum atomic E-state index is 5.08. The van der Waals surface area contributed by atoms with E-state index in [-0.39, 0.29) is 0 Å². The average Bonchev–Trinajstić information content (AvgIpc) is 2.74. The van der Waals surface area contributed by atoms with E-state index < -0.39 is 0 Å². The van der Waals surface area contributed by atoms with Gasteiger partial charge in [-0.2, -0.15) is 0 Å². The molecule has 31 heavy (non-hydrogen) atoms. The summed E-state index contributed by atoms with van der Waals surface area (Å²) < 4.78 is 0. The molecule has 1 aromatic rings. The van der Waals surface area contributed by atoms with E-state index in [1.165, 1.54) is 24.8 Å². The molecule has 0 saturated heterocycles. The molecule has 0 aliphatic carbocycles. The van der Waals surface area contributed by atoms with Crippen LogP contribution in [0.3, 0.4) is 0 Å². The van der Waals surface area contributed by atoms with Crippen molar-refractivity contribution in [3.05, 3.63) is 79.4 Å². The molecule has 3 nitrogen and oxygen atoms in total. The molecule has 0 N–H and O–H groups in total. The van der Waals surface area contributed by atoms with E-state index in [0.29, 0.717) is 6.04 Å². The largest absolute Gasteiger partial charge is 0.353 e. The van der Waals surface area contributed by atoms with E-state index >= 15 is 0 Å². The number of aromatic nitrogens is 2. The first-order valence-electron chi connectivity index (χ1n) is 11.4. The predicted molar refractivity (Wildman–Crippen MR) is 139 cm³/mol. The van der Waals surface area contributed by atoms with Crippen molar-refractivity contribution in [2.45, 2.75) is 72.8 Å². The highest BCUT2D eigenvalue weighted by atomic mass is 15.2. The Morgan fingerprint density at radius 1 is 1.06 bits per heavy atom. The summed E-state index contributed by atoms with van der Waals surface area (Å²) in [6, 6.07) is 0.349. The first-order valence-corrected chi connectivity index (χ1v) is 11.4. The lowest BCUT2D eigenvalue weighted by atomic mass is 10.0. The summed E-state index contributed by atoms with van der Waals surface area (Å²) >= 11 is 0. The third-order valence-electron chi connectivity index (χ3n) is 5.15. The van der Waals surface area contributed by atoms with Crippen LogP contribution < -0.4 is 4.90 Å². The Morgan fingerprint density at radius 3 is 2.32 bits per heavy atom. The summed E-state index contributed by atoms with van der Waals surface area (Å²) in [5.41, 5.74) is 4.94.